The molecular formula is C21H22N5O2+. The molecule has 4 atom stereocenters. The average Bonchev–Trinajstić information content (AvgIpc) is 2.72. The zero-order chi connectivity index (χ0) is 20.5. The third-order valence-corrected chi connectivity index (χ3v) is 5.85. The molecule has 0 saturated heterocycles. The summed E-state index contributed by atoms with van der Waals surface area (Å²) < 4.78 is 10.9. The number of fused-ring (bicyclic) bond motifs is 1. The molecule has 7 heteroatoms. The Labute approximate surface area is 164 Å². The quantitative estimate of drug-likeness (QED) is 0.765. The second-order valence-corrected chi connectivity index (χ2v) is 7.27. The van der Waals surface area contributed by atoms with E-state index in [4.69, 9.17) is 14.9 Å². The van der Waals surface area contributed by atoms with Crippen molar-refractivity contribution >= 4 is 5.71 Å². The molecule has 0 aromatic heterocycles. The molecule has 1 saturated carbocycles. The maximum atomic E-state index is 10.1. The summed E-state index contributed by atoms with van der Waals surface area (Å²) in [6.07, 6.45) is 1.99. The zero-order valence-electron chi connectivity index (χ0n) is 16.1. The van der Waals surface area contributed by atoms with Gasteiger partial charge in [-0.15, -0.1) is 0 Å². The third kappa shape index (κ3) is 2.71. The van der Waals surface area contributed by atoms with Gasteiger partial charge in [0.15, 0.2) is 5.41 Å². The highest BCUT2D eigenvalue weighted by Crippen LogP contribution is 2.54. The number of quaternary nitrogens is 1. The number of hydrogen-bond donors (Lipinski definition) is 2. The van der Waals surface area contributed by atoms with E-state index in [0.29, 0.717) is 23.6 Å². The second kappa shape index (κ2) is 7.35. The number of ether oxygens (including phenoxy) is 2. The standard InChI is InChI=1S/C21H21N5O2/c1-26-7-6-14-16(9-22)20(25)21(11-23,12-24)19(17(14)10-26)15-8-13(27-2)4-5-18(15)28-3/h4-6,8,16-17,19,25H,7,10H2,1-3H3/p+1/t16?,17-,19+/m1/s1. The molecule has 1 aromatic carbocycles. The van der Waals surface area contributed by atoms with Gasteiger partial charge in [-0.2, -0.15) is 15.8 Å². The molecule has 1 aliphatic carbocycles. The highest BCUT2D eigenvalue weighted by atomic mass is 16.5. The molecule has 1 heterocycles. The van der Waals surface area contributed by atoms with E-state index in [9.17, 15) is 15.8 Å². The Morgan fingerprint density at radius 1 is 1.18 bits per heavy atom. The SMILES string of the molecule is COc1ccc(OC)c([C@H]2[C@@H]3C[NH+](C)CC=C3C(C#N)C(=N)C2(C#N)C#N)c1. The molecule has 142 valence electrons. The van der Waals surface area contributed by atoms with Crippen LogP contribution in [0.15, 0.2) is 29.8 Å². The lowest BCUT2D eigenvalue weighted by Gasteiger charge is -2.46. The van der Waals surface area contributed by atoms with Crippen molar-refractivity contribution in [3.63, 3.8) is 0 Å². The summed E-state index contributed by atoms with van der Waals surface area (Å²) in [6.45, 7) is 1.40. The van der Waals surface area contributed by atoms with Crippen LogP contribution in [-0.4, -0.2) is 40.1 Å². The van der Waals surface area contributed by atoms with Crippen molar-refractivity contribution < 1.29 is 14.4 Å². The number of likely N-dealkylation sites (N-methyl/N-ethyl adjacent to an activating group) is 1. The summed E-state index contributed by atoms with van der Waals surface area (Å²) in [6, 6.07) is 11.6. The molecule has 0 spiro atoms. The summed E-state index contributed by atoms with van der Waals surface area (Å²) in [7, 11) is 5.12. The van der Waals surface area contributed by atoms with E-state index < -0.39 is 17.3 Å². The van der Waals surface area contributed by atoms with Crippen molar-refractivity contribution in [2.24, 2.45) is 17.3 Å². The molecular weight excluding hydrogens is 354 g/mol. The van der Waals surface area contributed by atoms with E-state index in [-0.39, 0.29) is 11.6 Å². The van der Waals surface area contributed by atoms with Gasteiger partial charge in [0, 0.05) is 17.4 Å². The number of nitrogens with one attached hydrogen (secondary N) is 2. The Bertz CT molecular complexity index is 948. The van der Waals surface area contributed by atoms with Crippen LogP contribution in [0.2, 0.25) is 0 Å². The largest absolute Gasteiger partial charge is 0.497 e. The monoisotopic (exact) mass is 376 g/mol. The minimum absolute atomic E-state index is 0.156. The van der Waals surface area contributed by atoms with Crippen LogP contribution < -0.4 is 14.4 Å². The minimum atomic E-state index is -1.75. The van der Waals surface area contributed by atoms with Crippen LogP contribution in [-0.2, 0) is 0 Å². The topological polar surface area (TPSA) is 118 Å². The average molecular weight is 376 g/mol. The summed E-state index contributed by atoms with van der Waals surface area (Å²) in [4.78, 5) is 1.22. The Balaban J connectivity index is 2.33. The van der Waals surface area contributed by atoms with Crippen molar-refractivity contribution in [1.29, 1.82) is 21.2 Å². The lowest BCUT2D eigenvalue weighted by atomic mass is 9.54. The number of nitriles is 3. The summed E-state index contributed by atoms with van der Waals surface area (Å²) in [5, 5.41) is 38.5. The number of methoxy groups -OCH3 is 2. The van der Waals surface area contributed by atoms with E-state index in [0.717, 1.165) is 12.1 Å². The van der Waals surface area contributed by atoms with Crippen molar-refractivity contribution in [3.8, 4) is 29.7 Å². The van der Waals surface area contributed by atoms with Crippen molar-refractivity contribution in [2.75, 3.05) is 34.4 Å². The Morgan fingerprint density at radius 2 is 1.89 bits per heavy atom. The predicted molar refractivity (Wildman–Crippen MR) is 101 cm³/mol. The van der Waals surface area contributed by atoms with Crippen LogP contribution in [0.4, 0.5) is 0 Å². The van der Waals surface area contributed by atoms with Gasteiger partial charge < -0.3 is 19.8 Å². The van der Waals surface area contributed by atoms with Gasteiger partial charge in [-0.1, -0.05) is 0 Å². The fourth-order valence-corrected chi connectivity index (χ4v) is 4.48. The number of benzene rings is 1. The predicted octanol–water partition coefficient (Wildman–Crippen LogP) is 1.07. The van der Waals surface area contributed by atoms with E-state index in [2.05, 4.69) is 18.2 Å². The highest BCUT2D eigenvalue weighted by molar-refractivity contribution is 6.01. The van der Waals surface area contributed by atoms with E-state index in [1.165, 1.54) is 12.0 Å². The molecule has 2 aliphatic rings. The summed E-state index contributed by atoms with van der Waals surface area (Å²) >= 11 is 0. The van der Waals surface area contributed by atoms with Gasteiger partial charge in [0.25, 0.3) is 0 Å². The molecule has 3 rings (SSSR count). The normalized spacial score (nSPS) is 28.0. The summed E-state index contributed by atoms with van der Waals surface area (Å²) in [5.41, 5.74) is -0.428. The number of nitrogens with zero attached hydrogens (tertiary/aromatic N) is 3. The maximum Gasteiger partial charge on any atom is 0.190 e. The number of rotatable bonds is 3. The first-order valence-electron chi connectivity index (χ1n) is 9.01. The molecule has 2 N–H and O–H groups in total. The molecule has 28 heavy (non-hydrogen) atoms. The fraction of sp³-hybridized carbons (Fsp3) is 0.429. The van der Waals surface area contributed by atoms with E-state index in [1.54, 1.807) is 25.3 Å². The molecule has 7 nitrogen and oxygen atoms in total. The molecule has 1 fully saturated rings. The minimum Gasteiger partial charge on any atom is -0.497 e. The van der Waals surface area contributed by atoms with Gasteiger partial charge >= 0.3 is 0 Å². The molecule has 0 radical (unpaired) electrons. The third-order valence-electron chi connectivity index (χ3n) is 5.85. The number of hydrogen-bond acceptors (Lipinski definition) is 6. The van der Waals surface area contributed by atoms with Crippen LogP contribution in [0.3, 0.4) is 0 Å². The first kappa shape index (κ1) is 19.4. The smallest absolute Gasteiger partial charge is 0.190 e. The molecule has 0 amide bonds. The van der Waals surface area contributed by atoms with Gasteiger partial charge in [-0.05, 0) is 29.8 Å². The van der Waals surface area contributed by atoms with Gasteiger partial charge in [0.2, 0.25) is 0 Å². The van der Waals surface area contributed by atoms with E-state index in [1.807, 2.05) is 13.1 Å². The van der Waals surface area contributed by atoms with Crippen LogP contribution in [0.5, 0.6) is 11.5 Å². The zero-order valence-corrected chi connectivity index (χ0v) is 16.1. The maximum absolute atomic E-state index is 10.1. The van der Waals surface area contributed by atoms with Gasteiger partial charge in [0.1, 0.15) is 17.4 Å². The lowest BCUT2D eigenvalue weighted by Crippen LogP contribution is -3.10. The van der Waals surface area contributed by atoms with Crippen molar-refractivity contribution in [2.45, 2.75) is 5.92 Å². The summed E-state index contributed by atoms with van der Waals surface area (Å²) in [5.74, 6) is -0.604. The molecule has 1 aliphatic heterocycles. The molecule has 0 bridgehead atoms. The lowest BCUT2D eigenvalue weighted by molar-refractivity contribution is -0.878. The second-order valence-electron chi connectivity index (χ2n) is 7.27. The first-order valence-corrected chi connectivity index (χ1v) is 9.01. The van der Waals surface area contributed by atoms with Crippen LogP contribution >= 0.6 is 0 Å². The van der Waals surface area contributed by atoms with Gasteiger partial charge in [-0.3, -0.25) is 0 Å². The highest BCUT2D eigenvalue weighted by Gasteiger charge is 2.59. The Hall–Kier alpha value is -3.34. The Kier molecular flexibility index (Phi) is 5.10. The van der Waals surface area contributed by atoms with Gasteiger partial charge in [-0.25, -0.2) is 0 Å². The van der Waals surface area contributed by atoms with Gasteiger partial charge in [0.05, 0.1) is 58.3 Å². The van der Waals surface area contributed by atoms with Crippen LogP contribution in [0.1, 0.15) is 11.5 Å². The van der Waals surface area contributed by atoms with Crippen molar-refractivity contribution in [3.05, 3.63) is 35.4 Å². The fourth-order valence-electron chi connectivity index (χ4n) is 4.48. The molecule has 2 unspecified atom stereocenters. The van der Waals surface area contributed by atoms with Crippen LogP contribution in [0.25, 0.3) is 0 Å². The Morgan fingerprint density at radius 3 is 2.46 bits per heavy atom. The first-order chi connectivity index (χ1) is 13.5. The molecule has 1 aromatic rings. The van der Waals surface area contributed by atoms with E-state index >= 15 is 0 Å². The van der Waals surface area contributed by atoms with Crippen LogP contribution in [0, 0.1) is 56.7 Å². The van der Waals surface area contributed by atoms with Crippen molar-refractivity contribution in [1.82, 2.24) is 0 Å².